The minimum absolute atomic E-state index is 0.112. The standard InChI is InChI=1S/C24H33N2O5P/c1-22-8-12-10-26(3)25-16(12)6-13(22)4-5-14-15-7-19-24(18(29)11-27,31-21(32)30-19)23(15,2)9-17(28)20(14)22/h6,10,14-15,17,19-21,27-28H,4-5,7-9,11,32H2,1-3H3/t14-,15-,17-,19+,20+,21?,22-,23-,24+/m0/s1. The summed E-state index contributed by atoms with van der Waals surface area (Å²) in [6.07, 6.45) is 7.47. The fourth-order valence-corrected chi connectivity index (χ4v) is 9.11. The first-order valence-electron chi connectivity index (χ1n) is 11.8. The topological polar surface area (TPSA) is 93.8 Å². The van der Waals surface area contributed by atoms with Gasteiger partial charge in [0.15, 0.2) is 17.4 Å². The van der Waals surface area contributed by atoms with E-state index in [0.29, 0.717) is 6.42 Å². The number of allylic oxidation sites excluding steroid dienone is 1. The lowest BCUT2D eigenvalue weighted by Gasteiger charge is -2.60. The predicted octanol–water partition coefficient (Wildman–Crippen LogP) is 2.06. The van der Waals surface area contributed by atoms with Gasteiger partial charge in [-0.2, -0.15) is 5.10 Å². The largest absolute Gasteiger partial charge is 0.393 e. The van der Waals surface area contributed by atoms with Crippen LogP contribution in [0.3, 0.4) is 0 Å². The Balaban J connectivity index is 1.42. The highest BCUT2D eigenvalue weighted by Crippen LogP contribution is 2.70. The first-order valence-corrected chi connectivity index (χ1v) is 12.5. The number of ketones is 1. The van der Waals surface area contributed by atoms with Crippen LogP contribution in [0.1, 0.15) is 50.8 Å². The van der Waals surface area contributed by atoms with Crippen LogP contribution in [-0.2, 0) is 27.7 Å². The Morgan fingerprint density at radius 3 is 2.94 bits per heavy atom. The molecule has 2 heterocycles. The number of ether oxygens (including phenoxy) is 2. The van der Waals surface area contributed by atoms with Gasteiger partial charge in [0.05, 0.1) is 17.9 Å². The zero-order valence-electron chi connectivity index (χ0n) is 19.0. The van der Waals surface area contributed by atoms with Crippen molar-refractivity contribution in [3.8, 4) is 0 Å². The van der Waals surface area contributed by atoms with E-state index in [-0.39, 0.29) is 35.1 Å². The van der Waals surface area contributed by atoms with Crippen molar-refractivity contribution in [2.75, 3.05) is 6.61 Å². The first kappa shape index (κ1) is 21.4. The highest BCUT2D eigenvalue weighted by Gasteiger charge is 2.75. The maximum Gasteiger partial charge on any atom is 0.193 e. The molecule has 2 N–H and O–H groups in total. The third-order valence-corrected chi connectivity index (χ3v) is 10.1. The minimum atomic E-state index is -1.19. The normalized spacial score (nSPS) is 48.9. The Morgan fingerprint density at radius 1 is 1.41 bits per heavy atom. The van der Waals surface area contributed by atoms with Gasteiger partial charge in [0.1, 0.15) is 6.61 Å². The molecule has 6 rings (SSSR count). The number of nitrogens with zero attached hydrogens (tertiary/aromatic N) is 2. The molecule has 0 bridgehead atoms. The molecular formula is C24H33N2O5P. The molecule has 0 amide bonds. The lowest BCUT2D eigenvalue weighted by Crippen LogP contribution is -2.63. The molecule has 174 valence electrons. The van der Waals surface area contributed by atoms with Gasteiger partial charge in [-0.05, 0) is 66.9 Å². The van der Waals surface area contributed by atoms with Crippen molar-refractivity contribution >= 4 is 21.1 Å². The van der Waals surface area contributed by atoms with Crippen LogP contribution < -0.4 is 0 Å². The number of aryl methyl sites for hydroxylation is 1. The summed E-state index contributed by atoms with van der Waals surface area (Å²) in [6.45, 7) is 3.83. The molecule has 10 atom stereocenters. The van der Waals surface area contributed by atoms with E-state index in [4.69, 9.17) is 9.47 Å². The summed E-state index contributed by atoms with van der Waals surface area (Å²) in [5.74, 6) is 0.264. The van der Waals surface area contributed by atoms with Crippen LogP contribution in [0.5, 0.6) is 0 Å². The van der Waals surface area contributed by atoms with E-state index in [0.717, 1.165) is 31.4 Å². The SMILES string of the molecule is Cn1cc2c(n1)C=C1CC[C@@H]3[C@H]([C@@H](O)C[C@@]4(C)[C@H]3C[C@H]3OC(P)O[C@]34C(=O)CO)[C@@]1(C)C2. The summed E-state index contributed by atoms with van der Waals surface area (Å²) < 4.78 is 14.2. The number of rotatable bonds is 2. The Bertz CT molecular complexity index is 1020. The van der Waals surface area contributed by atoms with Gasteiger partial charge in [-0.1, -0.05) is 28.7 Å². The molecule has 3 saturated carbocycles. The van der Waals surface area contributed by atoms with Crippen LogP contribution in [-0.4, -0.2) is 56.2 Å². The highest BCUT2D eigenvalue weighted by molar-refractivity contribution is 7.17. The number of Topliss-reactive ketones (excluding diaryl/α,β-unsaturated/α-hetero) is 1. The van der Waals surface area contributed by atoms with Crippen molar-refractivity contribution in [1.29, 1.82) is 0 Å². The van der Waals surface area contributed by atoms with Crippen molar-refractivity contribution in [3.05, 3.63) is 23.0 Å². The summed E-state index contributed by atoms with van der Waals surface area (Å²) in [6, 6.07) is -0.566. The molecule has 32 heavy (non-hydrogen) atoms. The van der Waals surface area contributed by atoms with Gasteiger partial charge in [0.25, 0.3) is 0 Å². The minimum Gasteiger partial charge on any atom is -0.393 e. The summed E-state index contributed by atoms with van der Waals surface area (Å²) in [5.41, 5.74) is 1.80. The van der Waals surface area contributed by atoms with Gasteiger partial charge in [0.2, 0.25) is 0 Å². The average Bonchev–Trinajstić information content (AvgIpc) is 3.32. The number of fused-ring (bicyclic) bond motifs is 8. The second-order valence-corrected chi connectivity index (χ2v) is 11.7. The smallest absolute Gasteiger partial charge is 0.193 e. The number of aliphatic hydroxyl groups excluding tert-OH is 2. The number of hydrogen-bond donors (Lipinski definition) is 2. The number of carbonyl (C=O) groups excluding carboxylic acids is 1. The van der Waals surface area contributed by atoms with Crippen LogP contribution >= 0.6 is 9.24 Å². The Labute approximate surface area is 190 Å². The van der Waals surface area contributed by atoms with E-state index < -0.39 is 29.8 Å². The zero-order valence-corrected chi connectivity index (χ0v) is 20.1. The molecular weight excluding hydrogens is 427 g/mol. The molecule has 0 radical (unpaired) electrons. The van der Waals surface area contributed by atoms with E-state index in [9.17, 15) is 15.0 Å². The Hall–Kier alpha value is -1.11. The second-order valence-electron chi connectivity index (χ2n) is 11.2. The number of aromatic nitrogens is 2. The first-order chi connectivity index (χ1) is 15.1. The maximum atomic E-state index is 13.2. The van der Waals surface area contributed by atoms with Gasteiger partial charge in [-0.15, -0.1) is 0 Å². The third-order valence-electron chi connectivity index (χ3n) is 9.79. The highest BCUT2D eigenvalue weighted by atomic mass is 31.0. The van der Waals surface area contributed by atoms with Crippen LogP contribution in [0.2, 0.25) is 0 Å². The molecule has 5 aliphatic rings. The van der Waals surface area contributed by atoms with Crippen molar-refractivity contribution in [2.24, 2.45) is 35.6 Å². The van der Waals surface area contributed by atoms with Crippen molar-refractivity contribution in [2.45, 2.75) is 69.8 Å². The van der Waals surface area contributed by atoms with Gasteiger partial charge in [-0.3, -0.25) is 9.48 Å². The molecule has 7 nitrogen and oxygen atoms in total. The number of hydrogen-bond acceptors (Lipinski definition) is 6. The monoisotopic (exact) mass is 460 g/mol. The molecule has 1 saturated heterocycles. The quantitative estimate of drug-likeness (QED) is 0.657. The number of aliphatic hydroxyl groups is 2. The second kappa shape index (κ2) is 6.73. The molecule has 0 aromatic carbocycles. The summed E-state index contributed by atoms with van der Waals surface area (Å²) >= 11 is 0. The van der Waals surface area contributed by atoms with E-state index in [1.807, 2.05) is 11.7 Å². The van der Waals surface area contributed by atoms with Crippen LogP contribution in [0.15, 0.2) is 11.8 Å². The van der Waals surface area contributed by atoms with Crippen LogP contribution in [0, 0.1) is 28.6 Å². The summed E-state index contributed by atoms with van der Waals surface area (Å²) in [7, 11) is 4.46. The van der Waals surface area contributed by atoms with Crippen molar-refractivity contribution < 1.29 is 24.5 Å². The zero-order chi connectivity index (χ0) is 22.6. The maximum absolute atomic E-state index is 13.2. The molecule has 1 aliphatic heterocycles. The Kier molecular flexibility index (Phi) is 4.51. The van der Waals surface area contributed by atoms with Crippen molar-refractivity contribution in [3.63, 3.8) is 0 Å². The van der Waals surface area contributed by atoms with Crippen LogP contribution in [0.4, 0.5) is 0 Å². The van der Waals surface area contributed by atoms with Gasteiger partial charge >= 0.3 is 0 Å². The van der Waals surface area contributed by atoms with E-state index in [2.05, 4.69) is 40.5 Å². The molecule has 2 unspecified atom stereocenters. The molecule has 4 aliphatic carbocycles. The fourth-order valence-electron chi connectivity index (χ4n) is 8.70. The van der Waals surface area contributed by atoms with Gasteiger partial charge in [-0.25, -0.2) is 0 Å². The summed E-state index contributed by atoms with van der Waals surface area (Å²) in [5, 5.41) is 26.2. The Morgan fingerprint density at radius 2 is 2.19 bits per heavy atom. The van der Waals surface area contributed by atoms with Gasteiger partial charge in [0, 0.05) is 18.7 Å². The molecule has 4 fully saturated rings. The van der Waals surface area contributed by atoms with Crippen molar-refractivity contribution in [1.82, 2.24) is 9.78 Å². The molecule has 1 aromatic heterocycles. The lowest BCUT2D eigenvalue weighted by atomic mass is 9.45. The van der Waals surface area contributed by atoms with E-state index in [1.54, 1.807) is 0 Å². The molecule has 1 aromatic rings. The van der Waals surface area contributed by atoms with E-state index >= 15 is 0 Å². The third kappa shape index (κ3) is 2.44. The molecule has 0 spiro atoms. The fraction of sp³-hybridized carbons (Fsp3) is 0.750. The summed E-state index contributed by atoms with van der Waals surface area (Å²) in [4.78, 5) is 13.2. The van der Waals surface area contributed by atoms with Crippen LogP contribution in [0.25, 0.3) is 6.08 Å². The predicted molar refractivity (Wildman–Crippen MR) is 120 cm³/mol. The average molecular weight is 461 g/mol. The van der Waals surface area contributed by atoms with E-state index in [1.165, 1.54) is 11.1 Å². The molecule has 8 heteroatoms. The van der Waals surface area contributed by atoms with Gasteiger partial charge < -0.3 is 19.7 Å². The lowest BCUT2D eigenvalue weighted by molar-refractivity contribution is -0.191. The number of carbonyl (C=O) groups is 1.